The number of thiophene rings is 2. The standard InChI is InChI=1S/C46H27N4S2/c1-3-11-28(12-4-1)44-47-45(49-46(48-44)30-19-21-35-34-17-9-10-18-38(34)52-41(35)26-30)29-20-23-39-36(25-29)43-40(51-39)24-22-37-42(43)33-16-8-7-13-31(33)27-50(37)32-14-5-2-6-15-32/h1-27H/q+1. The second-order valence-electron chi connectivity index (χ2n) is 13.0. The van der Waals surface area contributed by atoms with Crippen molar-refractivity contribution in [2.45, 2.75) is 0 Å². The van der Waals surface area contributed by atoms with Crippen LogP contribution in [0.5, 0.6) is 0 Å². The number of benzene rings is 7. The zero-order valence-corrected chi connectivity index (χ0v) is 29.3. The fourth-order valence-corrected chi connectivity index (χ4v) is 9.77. The van der Waals surface area contributed by atoms with Gasteiger partial charge in [0.25, 0.3) is 0 Å². The van der Waals surface area contributed by atoms with Crippen molar-refractivity contribution in [3.63, 3.8) is 0 Å². The highest BCUT2D eigenvalue weighted by Gasteiger charge is 2.21. The second-order valence-corrected chi connectivity index (χ2v) is 15.2. The summed E-state index contributed by atoms with van der Waals surface area (Å²) >= 11 is 3.64. The van der Waals surface area contributed by atoms with E-state index in [1.807, 2.05) is 29.5 Å². The van der Waals surface area contributed by atoms with Crippen LogP contribution in [0.25, 0.3) is 102 Å². The molecule has 0 saturated heterocycles. The number of pyridine rings is 1. The minimum atomic E-state index is 0.658. The van der Waals surface area contributed by atoms with E-state index >= 15 is 0 Å². The lowest BCUT2D eigenvalue weighted by molar-refractivity contribution is -0.565. The van der Waals surface area contributed by atoms with E-state index in [0.717, 1.165) is 22.4 Å². The number of aromatic nitrogens is 4. The lowest BCUT2D eigenvalue weighted by Gasteiger charge is -2.09. The Hall–Kier alpha value is -6.34. The molecule has 0 bridgehead atoms. The van der Waals surface area contributed by atoms with Crippen LogP contribution in [0.1, 0.15) is 0 Å². The first-order valence-electron chi connectivity index (χ1n) is 17.3. The van der Waals surface area contributed by atoms with Crippen molar-refractivity contribution in [2.24, 2.45) is 0 Å². The molecule has 0 aliphatic carbocycles. The number of fused-ring (bicyclic) bond motifs is 10. The highest BCUT2D eigenvalue weighted by Crippen LogP contribution is 2.42. The summed E-state index contributed by atoms with van der Waals surface area (Å²) in [5, 5.41) is 8.69. The molecule has 0 saturated carbocycles. The van der Waals surface area contributed by atoms with Crippen LogP contribution in [0.3, 0.4) is 0 Å². The summed E-state index contributed by atoms with van der Waals surface area (Å²) in [7, 11) is 0. The fraction of sp³-hybridized carbons (Fsp3) is 0. The number of rotatable bonds is 4. The van der Waals surface area contributed by atoms with Gasteiger partial charge in [-0.1, -0.05) is 97.1 Å². The number of hydrogen-bond donors (Lipinski definition) is 0. The first kappa shape index (κ1) is 29.4. The lowest BCUT2D eigenvalue weighted by Crippen LogP contribution is -2.31. The topological polar surface area (TPSA) is 42.5 Å². The van der Waals surface area contributed by atoms with E-state index in [9.17, 15) is 0 Å². The molecule has 0 aliphatic heterocycles. The third kappa shape index (κ3) is 4.65. The molecule has 0 radical (unpaired) electrons. The van der Waals surface area contributed by atoms with Gasteiger partial charge in [-0.15, -0.1) is 22.7 Å². The van der Waals surface area contributed by atoms with Gasteiger partial charge in [-0.05, 0) is 42.5 Å². The molecule has 4 nitrogen and oxygen atoms in total. The van der Waals surface area contributed by atoms with E-state index in [2.05, 4.69) is 150 Å². The van der Waals surface area contributed by atoms with Crippen molar-refractivity contribution in [1.29, 1.82) is 0 Å². The normalized spacial score (nSPS) is 11.8. The van der Waals surface area contributed by atoms with Crippen LogP contribution in [-0.4, -0.2) is 15.0 Å². The van der Waals surface area contributed by atoms with Gasteiger partial charge in [-0.3, -0.25) is 0 Å². The van der Waals surface area contributed by atoms with Crippen LogP contribution in [0.2, 0.25) is 0 Å². The monoisotopic (exact) mass is 699 g/mol. The van der Waals surface area contributed by atoms with Gasteiger partial charge < -0.3 is 0 Å². The van der Waals surface area contributed by atoms with E-state index in [-0.39, 0.29) is 0 Å². The number of para-hydroxylation sites is 1. The van der Waals surface area contributed by atoms with E-state index in [4.69, 9.17) is 15.0 Å². The molecule has 0 N–H and O–H groups in total. The first-order chi connectivity index (χ1) is 25.7. The van der Waals surface area contributed by atoms with Gasteiger partial charge in [0, 0.05) is 86.0 Å². The lowest BCUT2D eigenvalue weighted by atomic mass is 9.99. The van der Waals surface area contributed by atoms with Gasteiger partial charge in [0.2, 0.25) is 11.2 Å². The molecule has 52 heavy (non-hydrogen) atoms. The zero-order chi connectivity index (χ0) is 34.2. The molecule has 0 spiro atoms. The summed E-state index contributed by atoms with van der Waals surface area (Å²) in [6.45, 7) is 0. The largest absolute Gasteiger partial charge is 0.219 e. The fourth-order valence-electron chi connectivity index (χ4n) is 7.53. The van der Waals surface area contributed by atoms with Gasteiger partial charge in [0.15, 0.2) is 23.7 Å². The summed E-state index contributed by atoms with van der Waals surface area (Å²) in [4.78, 5) is 15.4. The molecule has 11 rings (SSSR count). The summed E-state index contributed by atoms with van der Waals surface area (Å²) in [6, 6.07) is 55.9. The molecule has 0 fully saturated rings. The second kappa shape index (κ2) is 11.6. The Labute approximate surface area is 306 Å². The van der Waals surface area contributed by atoms with Crippen LogP contribution in [0.15, 0.2) is 164 Å². The third-order valence-corrected chi connectivity index (χ3v) is 12.2. The van der Waals surface area contributed by atoms with Crippen molar-refractivity contribution in [1.82, 2.24) is 15.0 Å². The van der Waals surface area contributed by atoms with Crippen LogP contribution >= 0.6 is 22.7 Å². The molecule has 0 aliphatic rings. The predicted molar refractivity (Wildman–Crippen MR) is 218 cm³/mol. The molecule has 0 amide bonds. The molecule has 242 valence electrons. The van der Waals surface area contributed by atoms with Crippen LogP contribution in [0, 0.1) is 0 Å². The van der Waals surface area contributed by atoms with E-state index in [0.29, 0.717) is 17.5 Å². The number of nitrogens with zero attached hydrogens (tertiary/aromatic N) is 4. The predicted octanol–water partition coefficient (Wildman–Crippen LogP) is 12.2. The highest BCUT2D eigenvalue weighted by atomic mass is 32.1. The zero-order valence-electron chi connectivity index (χ0n) is 27.7. The van der Waals surface area contributed by atoms with Crippen molar-refractivity contribution in [3.8, 4) is 39.9 Å². The quantitative estimate of drug-likeness (QED) is 0.136. The molecule has 6 heteroatoms. The average Bonchev–Trinajstić information content (AvgIpc) is 3.78. The highest BCUT2D eigenvalue weighted by molar-refractivity contribution is 7.26. The molecule has 0 unspecified atom stereocenters. The van der Waals surface area contributed by atoms with Gasteiger partial charge in [-0.2, -0.15) is 4.57 Å². The summed E-state index contributed by atoms with van der Waals surface area (Å²) in [5.74, 6) is 1.98. The smallest absolute Gasteiger partial charge is 0.208 e. The van der Waals surface area contributed by atoms with Crippen molar-refractivity contribution in [2.75, 3.05) is 0 Å². The number of hydrogen-bond acceptors (Lipinski definition) is 5. The van der Waals surface area contributed by atoms with E-state index < -0.39 is 0 Å². The third-order valence-electron chi connectivity index (χ3n) is 9.97. The van der Waals surface area contributed by atoms with Crippen LogP contribution in [0.4, 0.5) is 0 Å². The summed E-state index contributed by atoms with van der Waals surface area (Å²) in [6.07, 6.45) is 2.26. The van der Waals surface area contributed by atoms with Gasteiger partial charge >= 0.3 is 0 Å². The molecule has 0 atom stereocenters. The molecule has 4 aromatic heterocycles. The molecule has 4 heterocycles. The summed E-state index contributed by atoms with van der Waals surface area (Å²) < 4.78 is 7.32. The molecule has 11 aromatic rings. The van der Waals surface area contributed by atoms with Gasteiger partial charge in [0.1, 0.15) is 0 Å². The Morgan fingerprint density at radius 3 is 1.81 bits per heavy atom. The molecular weight excluding hydrogens is 673 g/mol. The van der Waals surface area contributed by atoms with Crippen molar-refractivity contribution >= 4 is 84.7 Å². The maximum atomic E-state index is 5.18. The van der Waals surface area contributed by atoms with Gasteiger partial charge in [0.05, 0.1) is 5.39 Å². The van der Waals surface area contributed by atoms with Crippen molar-refractivity contribution in [3.05, 3.63) is 164 Å². The molecule has 7 aromatic carbocycles. The van der Waals surface area contributed by atoms with E-state index in [1.54, 1.807) is 11.3 Å². The van der Waals surface area contributed by atoms with Gasteiger partial charge in [-0.25, -0.2) is 15.0 Å². The Morgan fingerprint density at radius 1 is 0.385 bits per heavy atom. The first-order valence-corrected chi connectivity index (χ1v) is 18.9. The van der Waals surface area contributed by atoms with E-state index in [1.165, 1.54) is 62.0 Å². The average molecular weight is 700 g/mol. The minimum Gasteiger partial charge on any atom is -0.208 e. The Kier molecular flexibility index (Phi) is 6.56. The minimum absolute atomic E-state index is 0.658. The summed E-state index contributed by atoms with van der Waals surface area (Å²) in [5.41, 5.74) is 5.21. The SMILES string of the molecule is c1ccc(-c2nc(-c3ccc4c(c3)sc3ccccc34)nc(-c3ccc4sc5ccc6c(c7ccccc7c[n+]6-c6ccccc6)c5c4c3)n2)cc1. The maximum Gasteiger partial charge on any atom is 0.219 e. The van der Waals surface area contributed by atoms with Crippen LogP contribution < -0.4 is 4.57 Å². The Balaban J connectivity index is 1.15. The molecular formula is C46H27N4S2+. The maximum absolute atomic E-state index is 5.18. The Morgan fingerprint density at radius 2 is 0.981 bits per heavy atom. The Bertz CT molecular complexity index is 3180. The van der Waals surface area contributed by atoms with Crippen LogP contribution in [-0.2, 0) is 0 Å². The van der Waals surface area contributed by atoms with Crippen molar-refractivity contribution < 1.29 is 4.57 Å².